The lowest BCUT2D eigenvalue weighted by molar-refractivity contribution is -0.136. The first-order valence-corrected chi connectivity index (χ1v) is 10.7. The summed E-state index contributed by atoms with van der Waals surface area (Å²) in [5.74, 6) is 0.0311. The summed E-state index contributed by atoms with van der Waals surface area (Å²) in [7, 11) is 0. The molecule has 2 heterocycles. The van der Waals surface area contributed by atoms with Crippen LogP contribution in [-0.2, 0) is 20.7 Å². The molecule has 2 fully saturated rings. The fraction of sp³-hybridized carbons (Fsp3) is 0.500. The van der Waals surface area contributed by atoms with E-state index in [9.17, 15) is 14.4 Å². The molecule has 1 aromatic carbocycles. The van der Waals surface area contributed by atoms with Crippen molar-refractivity contribution in [3.63, 3.8) is 0 Å². The van der Waals surface area contributed by atoms with Gasteiger partial charge in [-0.05, 0) is 24.8 Å². The van der Waals surface area contributed by atoms with Crippen LogP contribution in [0.5, 0.6) is 0 Å². The van der Waals surface area contributed by atoms with Crippen molar-refractivity contribution in [3.05, 3.63) is 47.6 Å². The third-order valence-electron chi connectivity index (χ3n) is 6.32. The van der Waals surface area contributed by atoms with E-state index >= 15 is 0 Å². The molecule has 1 atom stereocenters. The van der Waals surface area contributed by atoms with Gasteiger partial charge in [0.05, 0.1) is 0 Å². The van der Waals surface area contributed by atoms with E-state index in [0.717, 1.165) is 24.2 Å². The molecule has 31 heavy (non-hydrogen) atoms. The van der Waals surface area contributed by atoms with E-state index in [-0.39, 0.29) is 6.54 Å². The minimum absolute atomic E-state index is 0.363. The third-order valence-corrected chi connectivity index (χ3v) is 6.32. The Morgan fingerprint density at radius 1 is 1.19 bits per heavy atom. The fourth-order valence-corrected chi connectivity index (χ4v) is 4.64. The first-order valence-electron chi connectivity index (χ1n) is 10.7. The highest BCUT2D eigenvalue weighted by Crippen LogP contribution is 2.36. The number of carbonyl (C=O) groups excluding carboxylic acids is 3. The van der Waals surface area contributed by atoms with Crippen LogP contribution in [0.3, 0.4) is 0 Å². The van der Waals surface area contributed by atoms with E-state index < -0.39 is 28.9 Å². The zero-order valence-electron chi connectivity index (χ0n) is 17.8. The van der Waals surface area contributed by atoms with Crippen molar-refractivity contribution in [2.75, 3.05) is 6.54 Å². The molecular formula is C22H27N5O4. The van der Waals surface area contributed by atoms with Gasteiger partial charge in [-0.15, -0.1) is 0 Å². The van der Waals surface area contributed by atoms with Crippen LogP contribution in [0.15, 0.2) is 34.9 Å². The van der Waals surface area contributed by atoms with Gasteiger partial charge in [-0.2, -0.15) is 4.98 Å². The molecule has 4 rings (SSSR count). The molecule has 2 aliphatic rings. The average molecular weight is 425 g/mol. The van der Waals surface area contributed by atoms with Gasteiger partial charge in [-0.3, -0.25) is 14.5 Å². The molecule has 4 amide bonds. The number of nitrogens with zero attached hydrogens (tertiary/aromatic N) is 3. The van der Waals surface area contributed by atoms with E-state index in [0.29, 0.717) is 36.5 Å². The maximum atomic E-state index is 13.3. The Bertz CT molecular complexity index is 983. The van der Waals surface area contributed by atoms with Gasteiger partial charge < -0.3 is 15.2 Å². The molecule has 0 bridgehead atoms. The summed E-state index contributed by atoms with van der Waals surface area (Å²) >= 11 is 0. The van der Waals surface area contributed by atoms with Crippen molar-refractivity contribution in [2.45, 2.75) is 63.5 Å². The zero-order chi connectivity index (χ0) is 22.1. The van der Waals surface area contributed by atoms with Crippen molar-refractivity contribution in [3.8, 4) is 0 Å². The van der Waals surface area contributed by atoms with Crippen LogP contribution in [-0.4, -0.2) is 39.4 Å². The van der Waals surface area contributed by atoms with E-state index in [1.54, 1.807) is 19.1 Å². The second kappa shape index (κ2) is 8.13. The molecule has 2 aromatic rings. The first-order chi connectivity index (χ1) is 14.9. The number of aryl methyl sites for hydroxylation is 1. The van der Waals surface area contributed by atoms with Crippen molar-refractivity contribution >= 4 is 17.8 Å². The van der Waals surface area contributed by atoms with Gasteiger partial charge in [-0.1, -0.05) is 61.7 Å². The Morgan fingerprint density at radius 2 is 1.90 bits per heavy atom. The Kier molecular flexibility index (Phi) is 5.51. The predicted molar refractivity (Wildman–Crippen MR) is 111 cm³/mol. The third kappa shape index (κ3) is 3.68. The van der Waals surface area contributed by atoms with Gasteiger partial charge in [0.1, 0.15) is 17.6 Å². The lowest BCUT2D eigenvalue weighted by Crippen LogP contribution is -2.52. The summed E-state index contributed by atoms with van der Waals surface area (Å²) in [6.07, 6.45) is 4.65. The standard InChI is InChI=1S/C22H27N5O4/c1-3-22(16-10-6-4-7-11-16)19(29)27(20(30)25-22)14-17(28)24-21(12-8-5-9-13-21)18-23-15(2)31-26-18/h4,6-7,10-11H,3,5,8-9,12-14H2,1-2H3,(H,24,28)(H,25,30)/t22-/m0/s1. The lowest BCUT2D eigenvalue weighted by Gasteiger charge is -2.35. The molecule has 1 aliphatic carbocycles. The maximum Gasteiger partial charge on any atom is 0.325 e. The van der Waals surface area contributed by atoms with E-state index in [4.69, 9.17) is 4.52 Å². The summed E-state index contributed by atoms with van der Waals surface area (Å²) in [5, 5.41) is 9.86. The minimum Gasteiger partial charge on any atom is -0.342 e. The molecule has 1 aliphatic heterocycles. The Balaban J connectivity index is 1.54. The van der Waals surface area contributed by atoms with Gasteiger partial charge in [0.25, 0.3) is 5.91 Å². The molecule has 0 spiro atoms. The van der Waals surface area contributed by atoms with Gasteiger partial charge in [-0.25, -0.2) is 4.79 Å². The van der Waals surface area contributed by atoms with E-state index in [2.05, 4.69) is 20.8 Å². The molecule has 164 valence electrons. The number of imide groups is 1. The predicted octanol–water partition coefficient (Wildman–Crippen LogP) is 2.51. The highest BCUT2D eigenvalue weighted by atomic mass is 16.5. The Labute approximate surface area is 180 Å². The summed E-state index contributed by atoms with van der Waals surface area (Å²) in [6.45, 7) is 3.18. The summed E-state index contributed by atoms with van der Waals surface area (Å²) in [5.41, 5.74) is -1.20. The molecule has 1 saturated heterocycles. The average Bonchev–Trinajstić information content (AvgIpc) is 3.32. The van der Waals surface area contributed by atoms with Crippen LogP contribution in [0.1, 0.15) is 62.7 Å². The molecule has 1 saturated carbocycles. The normalized spacial score (nSPS) is 23.0. The van der Waals surface area contributed by atoms with Crippen LogP contribution in [0.25, 0.3) is 0 Å². The zero-order valence-corrected chi connectivity index (χ0v) is 17.8. The second-order valence-corrected chi connectivity index (χ2v) is 8.27. The molecule has 1 aromatic heterocycles. The monoisotopic (exact) mass is 425 g/mol. The molecular weight excluding hydrogens is 398 g/mol. The number of urea groups is 1. The number of carbonyl (C=O) groups is 3. The highest BCUT2D eigenvalue weighted by molar-refractivity contribution is 6.09. The van der Waals surface area contributed by atoms with Gasteiger partial charge in [0.15, 0.2) is 5.82 Å². The van der Waals surface area contributed by atoms with Crippen molar-refractivity contribution in [1.29, 1.82) is 0 Å². The number of nitrogens with one attached hydrogen (secondary N) is 2. The van der Waals surface area contributed by atoms with Crippen LogP contribution < -0.4 is 10.6 Å². The summed E-state index contributed by atoms with van der Waals surface area (Å²) in [6, 6.07) is 8.53. The van der Waals surface area contributed by atoms with Crippen LogP contribution in [0, 0.1) is 6.92 Å². The number of rotatable bonds is 6. The van der Waals surface area contributed by atoms with Gasteiger partial charge in [0.2, 0.25) is 11.8 Å². The SMILES string of the molecule is CC[C@@]1(c2ccccc2)NC(=O)N(CC(=O)NC2(c3noc(C)n3)CCCCC2)C1=O. The summed E-state index contributed by atoms with van der Waals surface area (Å²) < 4.78 is 5.14. The number of aromatic nitrogens is 2. The van der Waals surface area contributed by atoms with Gasteiger partial charge in [0, 0.05) is 6.92 Å². The van der Waals surface area contributed by atoms with Crippen LogP contribution in [0.4, 0.5) is 4.79 Å². The van der Waals surface area contributed by atoms with Crippen molar-refractivity contribution in [1.82, 2.24) is 25.7 Å². The van der Waals surface area contributed by atoms with Crippen molar-refractivity contribution < 1.29 is 18.9 Å². The quantitative estimate of drug-likeness (QED) is 0.687. The Morgan fingerprint density at radius 3 is 2.52 bits per heavy atom. The maximum absolute atomic E-state index is 13.3. The fourth-order valence-electron chi connectivity index (χ4n) is 4.64. The molecule has 0 radical (unpaired) electrons. The smallest absolute Gasteiger partial charge is 0.325 e. The number of benzene rings is 1. The largest absolute Gasteiger partial charge is 0.342 e. The molecule has 0 unspecified atom stereocenters. The first kappa shape index (κ1) is 21.0. The molecule has 9 nitrogen and oxygen atoms in total. The van der Waals surface area contributed by atoms with Crippen LogP contribution in [0.2, 0.25) is 0 Å². The lowest BCUT2D eigenvalue weighted by atomic mass is 9.81. The van der Waals surface area contributed by atoms with E-state index in [1.807, 2.05) is 25.1 Å². The summed E-state index contributed by atoms with van der Waals surface area (Å²) in [4.78, 5) is 44.3. The highest BCUT2D eigenvalue weighted by Gasteiger charge is 2.52. The molecule has 9 heteroatoms. The molecule has 2 N–H and O–H groups in total. The topological polar surface area (TPSA) is 117 Å². The van der Waals surface area contributed by atoms with Crippen molar-refractivity contribution in [2.24, 2.45) is 0 Å². The number of hydrogen-bond donors (Lipinski definition) is 2. The number of amides is 4. The van der Waals surface area contributed by atoms with Gasteiger partial charge >= 0.3 is 6.03 Å². The van der Waals surface area contributed by atoms with E-state index in [1.165, 1.54) is 0 Å². The minimum atomic E-state index is -1.16. The number of hydrogen-bond acceptors (Lipinski definition) is 6. The Hall–Kier alpha value is -3.23. The van der Waals surface area contributed by atoms with Crippen LogP contribution >= 0.6 is 0 Å². The second-order valence-electron chi connectivity index (χ2n) is 8.27.